The second kappa shape index (κ2) is 8.97. The first-order valence-electron chi connectivity index (χ1n) is 9.22. The minimum Gasteiger partial charge on any atom is -0.463 e. The van der Waals surface area contributed by atoms with Crippen LogP contribution in [0.5, 0.6) is 0 Å². The molecule has 0 radical (unpaired) electrons. The first kappa shape index (κ1) is 21.3. The summed E-state index contributed by atoms with van der Waals surface area (Å²) in [4.78, 5) is 12.5. The molecule has 2 aromatic carbocycles. The maximum Gasteiger partial charge on any atom is 0.335 e. The van der Waals surface area contributed by atoms with E-state index in [1.807, 2.05) is 30.3 Å². The number of ether oxygens (including phenoxy) is 1. The molecule has 2 unspecified atom stereocenters. The van der Waals surface area contributed by atoms with Crippen LogP contribution in [0.2, 0.25) is 5.02 Å². The fraction of sp³-hybridized carbons (Fsp3) is 0.286. The van der Waals surface area contributed by atoms with E-state index in [1.165, 1.54) is 6.07 Å². The predicted octanol–water partition coefficient (Wildman–Crippen LogP) is 4.66. The lowest BCUT2D eigenvalue weighted by Gasteiger charge is -2.28. The van der Waals surface area contributed by atoms with Gasteiger partial charge in [0.15, 0.2) is 0 Å². The highest BCUT2D eigenvalue weighted by atomic mass is 35.5. The van der Waals surface area contributed by atoms with Crippen molar-refractivity contribution in [1.82, 2.24) is 0 Å². The fourth-order valence-corrected chi connectivity index (χ4v) is 5.24. The highest BCUT2D eigenvalue weighted by Crippen LogP contribution is 2.36. The van der Waals surface area contributed by atoms with Gasteiger partial charge in [-0.05, 0) is 43.5 Å². The van der Waals surface area contributed by atoms with E-state index in [1.54, 1.807) is 13.0 Å². The van der Waals surface area contributed by atoms with Gasteiger partial charge in [-0.1, -0.05) is 48.0 Å². The van der Waals surface area contributed by atoms with E-state index in [9.17, 15) is 17.6 Å². The van der Waals surface area contributed by atoms with Gasteiger partial charge >= 0.3 is 5.97 Å². The maximum absolute atomic E-state index is 13.3. The van der Waals surface area contributed by atoms with Crippen molar-refractivity contribution in [3.8, 4) is 0 Å². The number of allylic oxidation sites excluding steroid dienone is 1. The van der Waals surface area contributed by atoms with Crippen LogP contribution in [0, 0.1) is 5.82 Å². The molecule has 0 aromatic heterocycles. The molecule has 0 bridgehead atoms. The van der Waals surface area contributed by atoms with E-state index in [0.29, 0.717) is 6.42 Å². The minimum atomic E-state index is -4.02. The van der Waals surface area contributed by atoms with E-state index in [-0.39, 0.29) is 35.2 Å². The van der Waals surface area contributed by atoms with Crippen molar-refractivity contribution in [3.63, 3.8) is 0 Å². The molecule has 2 atom stereocenters. The number of hydrogen-bond acceptors (Lipinski definition) is 4. The van der Waals surface area contributed by atoms with Crippen LogP contribution in [0.25, 0.3) is 0 Å². The molecule has 3 rings (SSSR count). The Morgan fingerprint density at radius 1 is 1.21 bits per heavy atom. The molecular formula is C21H21ClFNO4S. The summed E-state index contributed by atoms with van der Waals surface area (Å²) in [7, 11) is -4.02. The van der Waals surface area contributed by atoms with E-state index in [4.69, 9.17) is 16.3 Å². The Kier molecular flexibility index (Phi) is 6.59. The largest absolute Gasteiger partial charge is 0.463 e. The van der Waals surface area contributed by atoms with Crippen LogP contribution in [0.1, 0.15) is 31.2 Å². The molecule has 8 heteroatoms. The third-order valence-corrected chi connectivity index (χ3v) is 6.82. The Balaban J connectivity index is 1.94. The second-order valence-electron chi connectivity index (χ2n) is 6.70. The molecule has 0 spiro atoms. The van der Waals surface area contributed by atoms with Crippen molar-refractivity contribution in [2.75, 3.05) is 11.3 Å². The lowest BCUT2D eigenvalue weighted by molar-refractivity contribution is -0.138. The van der Waals surface area contributed by atoms with Crippen LogP contribution in [-0.2, 0) is 19.6 Å². The molecule has 0 saturated carbocycles. The highest BCUT2D eigenvalue weighted by Gasteiger charge is 2.38. The van der Waals surface area contributed by atoms with Gasteiger partial charge in [-0.2, -0.15) is 0 Å². The quantitative estimate of drug-likeness (QED) is 0.667. The van der Waals surface area contributed by atoms with Gasteiger partial charge in [0.1, 0.15) is 11.1 Å². The molecule has 5 nitrogen and oxygen atoms in total. The molecule has 1 aliphatic rings. The van der Waals surface area contributed by atoms with Crippen LogP contribution < -0.4 is 4.72 Å². The van der Waals surface area contributed by atoms with Gasteiger partial charge in [0.05, 0.1) is 22.9 Å². The number of sulfonamides is 1. The molecule has 0 fully saturated rings. The van der Waals surface area contributed by atoms with Crippen molar-refractivity contribution < 1.29 is 22.3 Å². The molecule has 0 aliphatic heterocycles. The van der Waals surface area contributed by atoms with Crippen LogP contribution in [0.3, 0.4) is 0 Å². The van der Waals surface area contributed by atoms with Gasteiger partial charge in [-0.15, -0.1) is 0 Å². The number of esters is 1. The number of halogens is 2. The number of anilines is 1. The van der Waals surface area contributed by atoms with E-state index < -0.39 is 27.1 Å². The average Bonchev–Trinajstić information content (AvgIpc) is 2.70. The lowest BCUT2D eigenvalue weighted by Crippen LogP contribution is -2.36. The predicted molar refractivity (Wildman–Crippen MR) is 111 cm³/mol. The molecular weight excluding hydrogens is 417 g/mol. The van der Waals surface area contributed by atoms with Crippen LogP contribution in [0.4, 0.5) is 10.1 Å². The zero-order valence-corrected chi connectivity index (χ0v) is 17.3. The van der Waals surface area contributed by atoms with Gasteiger partial charge < -0.3 is 4.74 Å². The summed E-state index contributed by atoms with van der Waals surface area (Å²) in [6.45, 7) is 1.80. The number of carbonyl (C=O) groups excluding carboxylic acids is 1. The fourth-order valence-electron chi connectivity index (χ4n) is 3.39. The first-order valence-corrected chi connectivity index (χ1v) is 11.1. The summed E-state index contributed by atoms with van der Waals surface area (Å²) in [5, 5.41) is -1.16. The zero-order valence-electron chi connectivity index (χ0n) is 15.8. The molecule has 29 heavy (non-hydrogen) atoms. The van der Waals surface area contributed by atoms with Gasteiger partial charge in [0.2, 0.25) is 10.0 Å². The Hall–Kier alpha value is -2.38. The summed E-state index contributed by atoms with van der Waals surface area (Å²) in [6, 6.07) is 12.9. The normalized spacial score (nSPS) is 19.3. The number of rotatable bonds is 6. The topological polar surface area (TPSA) is 72.5 Å². The highest BCUT2D eigenvalue weighted by molar-refractivity contribution is 7.93. The van der Waals surface area contributed by atoms with Crippen LogP contribution in [0.15, 0.2) is 60.2 Å². The van der Waals surface area contributed by atoms with E-state index >= 15 is 0 Å². The molecule has 1 N–H and O–H groups in total. The third-order valence-electron chi connectivity index (χ3n) is 4.76. The van der Waals surface area contributed by atoms with Gasteiger partial charge in [0.25, 0.3) is 0 Å². The number of hydrogen-bond donors (Lipinski definition) is 1. The van der Waals surface area contributed by atoms with E-state index in [0.717, 1.165) is 17.7 Å². The Bertz CT molecular complexity index is 1020. The summed E-state index contributed by atoms with van der Waals surface area (Å²) in [5.74, 6) is -1.32. The van der Waals surface area contributed by atoms with E-state index in [2.05, 4.69) is 4.72 Å². The van der Waals surface area contributed by atoms with Gasteiger partial charge in [0, 0.05) is 5.92 Å². The van der Waals surface area contributed by atoms with Crippen LogP contribution >= 0.6 is 11.6 Å². The summed E-state index contributed by atoms with van der Waals surface area (Å²) >= 11 is 5.95. The van der Waals surface area contributed by atoms with Gasteiger partial charge in [-0.25, -0.2) is 17.6 Å². The number of benzene rings is 2. The zero-order chi connectivity index (χ0) is 21.0. The first-order chi connectivity index (χ1) is 13.8. The Labute approximate surface area is 174 Å². The monoisotopic (exact) mass is 437 g/mol. The second-order valence-corrected chi connectivity index (χ2v) is 8.97. The SMILES string of the molecule is CCOC(=O)C1=CC(c2ccccc2)CCC1S(=O)(=O)Nc1ccc(F)cc1Cl. The van der Waals surface area contributed by atoms with Crippen molar-refractivity contribution in [2.24, 2.45) is 0 Å². The van der Waals surface area contributed by atoms with Crippen molar-refractivity contribution >= 4 is 33.3 Å². The number of carbonyl (C=O) groups is 1. The molecule has 2 aromatic rings. The third kappa shape index (κ3) is 4.97. The van der Waals surface area contributed by atoms with Crippen molar-refractivity contribution in [1.29, 1.82) is 0 Å². The van der Waals surface area contributed by atoms with Crippen molar-refractivity contribution in [3.05, 3.63) is 76.6 Å². The lowest BCUT2D eigenvalue weighted by atomic mass is 9.85. The molecule has 0 heterocycles. The Morgan fingerprint density at radius 2 is 1.93 bits per heavy atom. The average molecular weight is 438 g/mol. The smallest absolute Gasteiger partial charge is 0.335 e. The maximum atomic E-state index is 13.3. The summed E-state index contributed by atoms with van der Waals surface area (Å²) in [6.07, 6.45) is 2.46. The molecule has 1 aliphatic carbocycles. The van der Waals surface area contributed by atoms with Crippen molar-refractivity contribution in [2.45, 2.75) is 30.9 Å². The summed E-state index contributed by atoms with van der Waals surface area (Å²) < 4.78 is 46.8. The molecule has 154 valence electrons. The Morgan fingerprint density at radius 3 is 2.59 bits per heavy atom. The summed E-state index contributed by atoms with van der Waals surface area (Å²) in [5.41, 5.74) is 1.15. The van der Waals surface area contributed by atoms with Gasteiger partial charge in [-0.3, -0.25) is 4.72 Å². The van der Waals surface area contributed by atoms with Crippen LogP contribution in [-0.4, -0.2) is 26.2 Å². The minimum absolute atomic E-state index is 0.0569. The molecule has 0 saturated heterocycles. The molecule has 0 amide bonds. The number of nitrogens with one attached hydrogen (secondary N) is 1. The standard InChI is InChI=1S/C21H21ClFNO4S/c1-2-28-21(25)17-12-15(14-6-4-3-5-7-14)8-11-20(17)29(26,27)24-19-10-9-16(23)13-18(19)22/h3-7,9-10,12-13,15,20,24H,2,8,11H2,1H3.